The molecule has 0 radical (unpaired) electrons. The van der Waals surface area contributed by atoms with Crippen molar-refractivity contribution in [3.8, 4) is 33.4 Å². The van der Waals surface area contributed by atoms with Gasteiger partial charge in [0.2, 0.25) is 0 Å². The number of fused-ring (bicyclic) bond motifs is 3. The molecule has 0 heterocycles. The zero-order valence-corrected chi connectivity index (χ0v) is 30.7. The van der Waals surface area contributed by atoms with Crippen molar-refractivity contribution < 1.29 is 8.42 Å². The molecular weight excluding hydrogens is 685 g/mol. The van der Waals surface area contributed by atoms with Crippen LogP contribution < -0.4 is 0 Å². The zero-order valence-electron chi connectivity index (χ0n) is 29.1. The molecule has 0 aliphatic heterocycles. The summed E-state index contributed by atoms with van der Waals surface area (Å²) in [5.41, 5.74) is 9.92. The summed E-state index contributed by atoms with van der Waals surface area (Å²) in [7, 11) is -2.14. The third-order valence-corrected chi connectivity index (χ3v) is 12.2. The fourth-order valence-electron chi connectivity index (χ4n) is 7.82. The SMILES string of the molecule is CCCCCCCCC1(CCCCCCCC)c2cc(-c3ccccc3S(C)=O)ccc2-c2ccc(-c3ccccc3S(C)=O)cc21.[GeH4]. The van der Waals surface area contributed by atoms with Gasteiger partial charge in [-0.1, -0.05) is 152 Å². The predicted octanol–water partition coefficient (Wildman–Crippen LogP) is 10.8. The molecule has 2 atom stereocenters. The first-order valence-corrected chi connectivity index (χ1v) is 21.2. The summed E-state index contributed by atoms with van der Waals surface area (Å²) < 4.78 is 25.6. The van der Waals surface area contributed by atoms with Crippen LogP contribution in [0.15, 0.2) is 94.7 Å². The molecule has 5 rings (SSSR count). The molecule has 4 aromatic rings. The number of rotatable bonds is 18. The average molecular weight is 744 g/mol. The Labute approximate surface area is 306 Å². The molecule has 0 spiro atoms. The van der Waals surface area contributed by atoms with Crippen molar-refractivity contribution in [3.05, 3.63) is 96.1 Å². The second kappa shape index (κ2) is 18.6. The van der Waals surface area contributed by atoms with E-state index >= 15 is 0 Å². The van der Waals surface area contributed by atoms with Crippen molar-refractivity contribution in [1.82, 2.24) is 0 Å². The van der Waals surface area contributed by atoms with Gasteiger partial charge in [-0.15, -0.1) is 0 Å². The summed E-state index contributed by atoms with van der Waals surface area (Å²) in [5, 5.41) is 0. The summed E-state index contributed by atoms with van der Waals surface area (Å²) in [6, 6.07) is 30.4. The van der Waals surface area contributed by atoms with Gasteiger partial charge in [-0.05, 0) is 81.6 Å². The molecule has 0 N–H and O–H groups in total. The summed E-state index contributed by atoms with van der Waals surface area (Å²) in [4.78, 5) is 1.79. The monoisotopic (exact) mass is 744 g/mol. The third-order valence-electron chi connectivity index (χ3n) is 10.3. The van der Waals surface area contributed by atoms with Crippen molar-refractivity contribution in [1.29, 1.82) is 0 Å². The number of unbranched alkanes of at least 4 members (excludes halogenated alkanes) is 10. The van der Waals surface area contributed by atoms with Crippen LogP contribution in [-0.4, -0.2) is 38.5 Å². The third kappa shape index (κ3) is 8.71. The summed E-state index contributed by atoms with van der Waals surface area (Å²) >= 11 is 0. The van der Waals surface area contributed by atoms with Crippen molar-refractivity contribution in [2.75, 3.05) is 12.5 Å². The Balaban J connectivity index is 0.00000520. The Kier molecular flexibility index (Phi) is 15.0. The predicted molar refractivity (Wildman–Crippen MR) is 216 cm³/mol. The minimum absolute atomic E-state index is 0. The van der Waals surface area contributed by atoms with Gasteiger partial charge in [-0.3, -0.25) is 8.42 Å². The molecule has 48 heavy (non-hydrogen) atoms. The first-order valence-electron chi connectivity index (χ1n) is 18.1. The molecule has 0 fully saturated rings. The fraction of sp³-hybridized carbons (Fsp3) is 0.442. The van der Waals surface area contributed by atoms with Gasteiger partial charge >= 0.3 is 17.6 Å². The van der Waals surface area contributed by atoms with E-state index in [9.17, 15) is 8.42 Å². The van der Waals surface area contributed by atoms with Gasteiger partial charge in [-0.2, -0.15) is 0 Å². The summed E-state index contributed by atoms with van der Waals surface area (Å²) in [5.74, 6) is 0. The molecule has 0 aromatic heterocycles. The Bertz CT molecular complexity index is 1570. The average Bonchev–Trinajstić information content (AvgIpc) is 3.36. The fourth-order valence-corrected chi connectivity index (χ4v) is 9.35. The van der Waals surface area contributed by atoms with E-state index in [-0.39, 0.29) is 23.0 Å². The van der Waals surface area contributed by atoms with Crippen LogP contribution in [0.5, 0.6) is 0 Å². The van der Waals surface area contributed by atoms with Crippen molar-refractivity contribution in [3.63, 3.8) is 0 Å². The summed E-state index contributed by atoms with van der Waals surface area (Å²) in [6.45, 7) is 4.57. The van der Waals surface area contributed by atoms with Crippen molar-refractivity contribution >= 4 is 39.2 Å². The molecule has 0 bridgehead atoms. The van der Waals surface area contributed by atoms with Gasteiger partial charge in [0, 0.05) is 27.7 Å². The molecule has 0 saturated heterocycles. The normalized spacial score (nSPS) is 14.2. The van der Waals surface area contributed by atoms with Crippen LogP contribution in [-0.2, 0) is 27.0 Å². The maximum atomic E-state index is 12.8. The van der Waals surface area contributed by atoms with Crippen molar-refractivity contribution in [2.24, 2.45) is 0 Å². The van der Waals surface area contributed by atoms with Gasteiger partial charge in [0.25, 0.3) is 0 Å². The van der Waals surface area contributed by atoms with E-state index in [1.165, 1.54) is 99.3 Å². The Morgan fingerprint density at radius 1 is 0.479 bits per heavy atom. The van der Waals surface area contributed by atoms with E-state index < -0.39 is 21.6 Å². The van der Waals surface area contributed by atoms with E-state index in [0.717, 1.165) is 44.9 Å². The minimum atomic E-state index is -1.07. The molecule has 1 aliphatic rings. The molecule has 5 heteroatoms. The van der Waals surface area contributed by atoms with Gasteiger partial charge in [0.15, 0.2) is 0 Å². The van der Waals surface area contributed by atoms with Crippen LogP contribution in [0, 0.1) is 0 Å². The Morgan fingerprint density at radius 3 is 1.25 bits per heavy atom. The van der Waals surface area contributed by atoms with Crippen LogP contribution in [0.3, 0.4) is 0 Å². The van der Waals surface area contributed by atoms with E-state index in [4.69, 9.17) is 0 Å². The van der Waals surface area contributed by atoms with E-state index in [2.05, 4.69) is 74.5 Å². The van der Waals surface area contributed by atoms with Crippen LogP contribution >= 0.6 is 0 Å². The molecule has 0 saturated carbocycles. The van der Waals surface area contributed by atoms with E-state index in [0.29, 0.717) is 0 Å². The second-order valence-corrected chi connectivity index (χ2v) is 16.2. The molecular formula is C43H58GeO2S2. The molecule has 0 amide bonds. The standard InChI is InChI=1S/C43H54O2S2.GeH4/c1-5-7-9-11-13-19-29-43(30-20-14-12-10-8-6-2)39-31-33(35-21-15-17-23-41(35)46(3)44)25-27-37(39)38-28-26-34(32-40(38)43)36-22-16-18-24-42(36)47(4)45;/h15-18,21-28,31-32H,5-14,19-20,29-30H2,1-4H3;1H4. The number of hydrogen-bond donors (Lipinski definition) is 0. The van der Waals surface area contributed by atoms with Crippen LogP contribution in [0.1, 0.15) is 115 Å². The molecule has 1 aliphatic carbocycles. The van der Waals surface area contributed by atoms with Gasteiger partial charge < -0.3 is 0 Å². The molecule has 2 nitrogen and oxygen atoms in total. The van der Waals surface area contributed by atoms with Crippen LogP contribution in [0.2, 0.25) is 0 Å². The first-order chi connectivity index (χ1) is 22.9. The van der Waals surface area contributed by atoms with Gasteiger partial charge in [0.05, 0.1) is 21.6 Å². The van der Waals surface area contributed by atoms with Gasteiger partial charge in [-0.25, -0.2) is 0 Å². The van der Waals surface area contributed by atoms with Gasteiger partial charge in [0.1, 0.15) is 0 Å². The number of benzene rings is 4. The van der Waals surface area contributed by atoms with E-state index in [1.54, 1.807) is 12.5 Å². The van der Waals surface area contributed by atoms with Crippen LogP contribution in [0.4, 0.5) is 0 Å². The number of hydrogen-bond acceptors (Lipinski definition) is 2. The molecule has 258 valence electrons. The zero-order chi connectivity index (χ0) is 33.2. The molecule has 2 unspecified atom stereocenters. The van der Waals surface area contributed by atoms with Crippen molar-refractivity contribution in [2.45, 2.75) is 119 Å². The topological polar surface area (TPSA) is 34.1 Å². The Hall–Kier alpha value is -2.28. The van der Waals surface area contributed by atoms with Crippen LogP contribution in [0.25, 0.3) is 33.4 Å². The van der Waals surface area contributed by atoms with E-state index in [1.807, 2.05) is 24.3 Å². The second-order valence-electron chi connectivity index (χ2n) is 13.5. The summed E-state index contributed by atoms with van der Waals surface area (Å²) in [6.07, 6.45) is 21.2. The first kappa shape index (κ1) is 38.5. The maximum absolute atomic E-state index is 12.8. The quantitative estimate of drug-likeness (QED) is 0.0751. The molecule has 4 aromatic carbocycles. The Morgan fingerprint density at radius 2 is 0.854 bits per heavy atom.